The zero-order valence-electron chi connectivity index (χ0n) is 10.6. The zero-order valence-corrected chi connectivity index (χ0v) is 10.6. The Morgan fingerprint density at radius 2 is 2.00 bits per heavy atom. The van der Waals surface area contributed by atoms with Gasteiger partial charge in [0.2, 0.25) is 0 Å². The van der Waals surface area contributed by atoms with Crippen molar-refractivity contribution in [3.8, 4) is 0 Å². The molecule has 0 aromatic heterocycles. The lowest BCUT2D eigenvalue weighted by Crippen LogP contribution is -2.57. The number of nitrogens with zero attached hydrogens (tertiary/aromatic N) is 1. The fourth-order valence-electron chi connectivity index (χ4n) is 3.49. The first-order chi connectivity index (χ1) is 8.64. The van der Waals surface area contributed by atoms with Gasteiger partial charge in [-0.05, 0) is 25.7 Å². The minimum Gasteiger partial charge on any atom is -0.383 e. The van der Waals surface area contributed by atoms with Crippen molar-refractivity contribution in [2.45, 2.75) is 43.3 Å². The van der Waals surface area contributed by atoms with Crippen molar-refractivity contribution in [3.63, 3.8) is 0 Å². The molecule has 2 N–H and O–H groups in total. The van der Waals surface area contributed by atoms with Crippen LogP contribution in [0.25, 0.3) is 0 Å². The number of imide groups is 1. The van der Waals surface area contributed by atoms with E-state index in [9.17, 15) is 9.59 Å². The highest BCUT2D eigenvalue weighted by atomic mass is 16.5. The van der Waals surface area contributed by atoms with E-state index < -0.39 is 5.54 Å². The highest BCUT2D eigenvalue weighted by molar-refractivity contribution is 6.07. The van der Waals surface area contributed by atoms with Gasteiger partial charge in [-0.3, -0.25) is 9.69 Å². The van der Waals surface area contributed by atoms with Crippen molar-refractivity contribution in [2.75, 3.05) is 20.3 Å². The van der Waals surface area contributed by atoms with Crippen LogP contribution in [0.1, 0.15) is 25.7 Å². The molecule has 0 radical (unpaired) electrons. The van der Waals surface area contributed by atoms with E-state index in [1.54, 1.807) is 7.11 Å². The molecule has 6 heteroatoms. The Hall–Kier alpha value is -1.14. The summed E-state index contributed by atoms with van der Waals surface area (Å²) in [5, 5.41) is 6.41. The van der Waals surface area contributed by atoms with Crippen LogP contribution in [0.4, 0.5) is 4.79 Å². The number of fused-ring (bicyclic) bond motifs is 2. The number of nitrogens with one attached hydrogen (secondary N) is 2. The third-order valence-corrected chi connectivity index (χ3v) is 4.29. The molecule has 0 aliphatic carbocycles. The number of hydrogen-bond donors (Lipinski definition) is 2. The average molecular weight is 253 g/mol. The topological polar surface area (TPSA) is 70.7 Å². The van der Waals surface area contributed by atoms with E-state index in [0.717, 1.165) is 25.7 Å². The molecular formula is C12H19N3O3. The van der Waals surface area contributed by atoms with Crippen LogP contribution in [-0.2, 0) is 9.53 Å². The maximum atomic E-state index is 12.5. The number of rotatable bonds is 3. The molecule has 2 unspecified atom stereocenters. The zero-order chi connectivity index (χ0) is 12.8. The summed E-state index contributed by atoms with van der Waals surface area (Å²) in [7, 11) is 1.57. The first-order valence-electron chi connectivity index (χ1n) is 6.54. The molecule has 3 aliphatic heterocycles. The van der Waals surface area contributed by atoms with Crippen molar-refractivity contribution >= 4 is 11.9 Å². The number of amides is 3. The molecule has 3 amide bonds. The van der Waals surface area contributed by atoms with Gasteiger partial charge < -0.3 is 15.4 Å². The van der Waals surface area contributed by atoms with Crippen molar-refractivity contribution in [1.82, 2.24) is 15.5 Å². The summed E-state index contributed by atoms with van der Waals surface area (Å²) in [6.07, 6.45) is 3.65. The second kappa shape index (κ2) is 4.20. The molecule has 100 valence electrons. The minimum absolute atomic E-state index is 0.0667. The monoisotopic (exact) mass is 253 g/mol. The van der Waals surface area contributed by atoms with Gasteiger partial charge in [0, 0.05) is 19.2 Å². The van der Waals surface area contributed by atoms with Gasteiger partial charge in [-0.15, -0.1) is 0 Å². The maximum absolute atomic E-state index is 12.5. The molecule has 3 saturated heterocycles. The predicted octanol–water partition coefficient (Wildman–Crippen LogP) is -0.162. The van der Waals surface area contributed by atoms with Crippen LogP contribution in [0.15, 0.2) is 0 Å². The molecule has 2 bridgehead atoms. The average Bonchev–Trinajstić information content (AvgIpc) is 2.78. The van der Waals surface area contributed by atoms with Gasteiger partial charge in [0.15, 0.2) is 0 Å². The Morgan fingerprint density at radius 1 is 1.33 bits per heavy atom. The van der Waals surface area contributed by atoms with E-state index in [1.807, 2.05) is 0 Å². The van der Waals surface area contributed by atoms with E-state index in [1.165, 1.54) is 4.90 Å². The van der Waals surface area contributed by atoms with E-state index in [2.05, 4.69) is 10.6 Å². The largest absolute Gasteiger partial charge is 0.383 e. The maximum Gasteiger partial charge on any atom is 0.325 e. The molecule has 3 rings (SSSR count). The molecule has 2 atom stereocenters. The summed E-state index contributed by atoms with van der Waals surface area (Å²) in [6.45, 7) is 0.728. The van der Waals surface area contributed by atoms with Crippen molar-refractivity contribution in [1.29, 1.82) is 0 Å². The number of carbonyl (C=O) groups excluding carboxylic acids is 2. The first kappa shape index (κ1) is 11.9. The second-order valence-corrected chi connectivity index (χ2v) is 5.51. The smallest absolute Gasteiger partial charge is 0.325 e. The van der Waals surface area contributed by atoms with Gasteiger partial charge >= 0.3 is 6.03 Å². The number of methoxy groups -OCH3 is 1. The molecule has 6 nitrogen and oxygen atoms in total. The van der Waals surface area contributed by atoms with Crippen LogP contribution >= 0.6 is 0 Å². The second-order valence-electron chi connectivity index (χ2n) is 5.51. The fraction of sp³-hybridized carbons (Fsp3) is 0.833. The van der Waals surface area contributed by atoms with Crippen molar-refractivity contribution < 1.29 is 14.3 Å². The Balaban J connectivity index is 1.78. The van der Waals surface area contributed by atoms with E-state index in [4.69, 9.17) is 4.74 Å². The van der Waals surface area contributed by atoms with E-state index in [0.29, 0.717) is 25.2 Å². The molecule has 3 aliphatic rings. The first-order valence-corrected chi connectivity index (χ1v) is 6.54. The fourth-order valence-corrected chi connectivity index (χ4v) is 3.49. The van der Waals surface area contributed by atoms with Crippen LogP contribution in [0.5, 0.6) is 0 Å². The normalized spacial score (nSPS) is 38.6. The van der Waals surface area contributed by atoms with Gasteiger partial charge in [-0.1, -0.05) is 0 Å². The van der Waals surface area contributed by atoms with E-state index in [-0.39, 0.29) is 11.9 Å². The Labute approximate surface area is 106 Å². The Morgan fingerprint density at radius 3 is 2.61 bits per heavy atom. The van der Waals surface area contributed by atoms with Crippen LogP contribution in [0.3, 0.4) is 0 Å². The van der Waals surface area contributed by atoms with Gasteiger partial charge in [-0.25, -0.2) is 4.79 Å². The van der Waals surface area contributed by atoms with Crippen LogP contribution in [0.2, 0.25) is 0 Å². The summed E-state index contributed by atoms with van der Waals surface area (Å²) in [4.78, 5) is 25.7. The predicted molar refractivity (Wildman–Crippen MR) is 64.0 cm³/mol. The lowest BCUT2D eigenvalue weighted by molar-refractivity contribution is -0.133. The SMILES string of the molecule is COCCN1C(=O)NC2(CC3CCC(C2)N3)C1=O. The summed E-state index contributed by atoms with van der Waals surface area (Å²) >= 11 is 0. The Bertz CT molecular complexity index is 373. The number of urea groups is 1. The molecule has 3 fully saturated rings. The quantitative estimate of drug-likeness (QED) is 0.686. The standard InChI is InChI=1S/C12H19N3O3/c1-18-5-4-15-10(16)12(14-11(15)17)6-8-2-3-9(7-12)13-8/h8-9,13H,2-7H2,1H3,(H,14,17). The van der Waals surface area contributed by atoms with E-state index >= 15 is 0 Å². The van der Waals surface area contributed by atoms with Crippen molar-refractivity contribution in [2.24, 2.45) is 0 Å². The summed E-state index contributed by atoms with van der Waals surface area (Å²) in [6, 6.07) is 0.476. The lowest BCUT2D eigenvalue weighted by Gasteiger charge is -2.35. The third-order valence-electron chi connectivity index (χ3n) is 4.29. The molecule has 0 aromatic rings. The number of carbonyl (C=O) groups is 2. The molecule has 1 spiro atoms. The summed E-state index contributed by atoms with van der Waals surface area (Å²) in [5.41, 5.74) is -0.651. The van der Waals surface area contributed by atoms with Crippen molar-refractivity contribution in [3.05, 3.63) is 0 Å². The Kier molecular flexibility index (Phi) is 2.79. The van der Waals surface area contributed by atoms with Gasteiger partial charge in [0.1, 0.15) is 5.54 Å². The van der Waals surface area contributed by atoms with Crippen LogP contribution in [0, 0.1) is 0 Å². The van der Waals surface area contributed by atoms with Gasteiger partial charge in [-0.2, -0.15) is 0 Å². The van der Waals surface area contributed by atoms with Gasteiger partial charge in [0.05, 0.1) is 13.2 Å². The molecule has 0 aromatic carbocycles. The molecule has 18 heavy (non-hydrogen) atoms. The van der Waals surface area contributed by atoms with Crippen LogP contribution < -0.4 is 10.6 Å². The highest BCUT2D eigenvalue weighted by Gasteiger charge is 2.56. The lowest BCUT2D eigenvalue weighted by atomic mass is 9.84. The third kappa shape index (κ3) is 1.71. The van der Waals surface area contributed by atoms with Gasteiger partial charge in [0.25, 0.3) is 5.91 Å². The minimum atomic E-state index is -0.651. The highest BCUT2D eigenvalue weighted by Crippen LogP contribution is 2.37. The summed E-state index contributed by atoms with van der Waals surface area (Å²) in [5.74, 6) is -0.0667. The summed E-state index contributed by atoms with van der Waals surface area (Å²) < 4.78 is 4.94. The van der Waals surface area contributed by atoms with Crippen LogP contribution in [-0.4, -0.2) is 54.7 Å². The molecule has 3 heterocycles. The number of hydrogen-bond acceptors (Lipinski definition) is 4. The number of piperidine rings is 1. The number of ether oxygens (including phenoxy) is 1. The molecular weight excluding hydrogens is 234 g/mol. The molecule has 0 saturated carbocycles.